The zero-order valence-electron chi connectivity index (χ0n) is 19.8. The minimum Gasteiger partial charge on any atom is -0.352 e. The summed E-state index contributed by atoms with van der Waals surface area (Å²) in [5, 5.41) is 6.19. The Kier molecular flexibility index (Phi) is 8.53. The molecule has 0 fully saturated rings. The predicted molar refractivity (Wildman–Crippen MR) is 140 cm³/mol. The summed E-state index contributed by atoms with van der Waals surface area (Å²) in [6, 6.07) is 19.9. The Hall–Kier alpha value is -3.36. The predicted octanol–water partition coefficient (Wildman–Crippen LogP) is 4.94. The van der Waals surface area contributed by atoms with Gasteiger partial charge in [-0.05, 0) is 60.0 Å². The van der Waals surface area contributed by atoms with Crippen LogP contribution in [0.15, 0.2) is 72.8 Å². The highest BCUT2D eigenvalue weighted by molar-refractivity contribution is 7.92. The van der Waals surface area contributed by atoms with Gasteiger partial charge in [0.2, 0.25) is 10.0 Å². The van der Waals surface area contributed by atoms with Crippen LogP contribution in [-0.4, -0.2) is 33.0 Å². The summed E-state index contributed by atoms with van der Waals surface area (Å²) >= 11 is 5.92. The first kappa shape index (κ1) is 26.2. The van der Waals surface area contributed by atoms with Crippen LogP contribution >= 0.6 is 11.6 Å². The van der Waals surface area contributed by atoms with E-state index in [2.05, 4.69) is 10.6 Å². The molecule has 0 atom stereocenters. The molecule has 0 saturated heterocycles. The molecule has 0 spiro atoms. The Labute approximate surface area is 211 Å². The van der Waals surface area contributed by atoms with Crippen molar-refractivity contribution in [2.75, 3.05) is 22.4 Å². The van der Waals surface area contributed by atoms with Gasteiger partial charge < -0.3 is 10.6 Å². The Morgan fingerprint density at radius 2 is 1.54 bits per heavy atom. The highest BCUT2D eigenvalue weighted by Gasteiger charge is 2.19. The van der Waals surface area contributed by atoms with E-state index in [0.29, 0.717) is 40.0 Å². The normalized spacial score (nSPS) is 11.2. The number of benzene rings is 3. The van der Waals surface area contributed by atoms with Gasteiger partial charge in [-0.3, -0.25) is 13.9 Å². The van der Waals surface area contributed by atoms with Gasteiger partial charge in [-0.2, -0.15) is 0 Å². The number of carbonyl (C=O) groups excluding carboxylic acids is 2. The van der Waals surface area contributed by atoms with Crippen molar-refractivity contribution in [1.29, 1.82) is 0 Å². The van der Waals surface area contributed by atoms with E-state index < -0.39 is 15.9 Å². The van der Waals surface area contributed by atoms with E-state index in [1.165, 1.54) is 4.31 Å². The number of amides is 2. The van der Waals surface area contributed by atoms with Crippen LogP contribution < -0.4 is 14.9 Å². The van der Waals surface area contributed by atoms with Gasteiger partial charge in [0, 0.05) is 17.1 Å². The molecule has 0 unspecified atom stereocenters. The molecule has 9 heteroatoms. The number of nitrogens with zero attached hydrogens (tertiary/aromatic N) is 1. The Balaban J connectivity index is 1.77. The maximum absolute atomic E-state index is 12.9. The van der Waals surface area contributed by atoms with E-state index >= 15 is 0 Å². The fourth-order valence-corrected chi connectivity index (χ4v) is 4.33. The minimum atomic E-state index is -3.58. The van der Waals surface area contributed by atoms with Crippen molar-refractivity contribution in [2.24, 2.45) is 5.92 Å². The minimum absolute atomic E-state index is 0.125. The number of hydrogen-bond acceptors (Lipinski definition) is 4. The Morgan fingerprint density at radius 1 is 0.914 bits per heavy atom. The second-order valence-electron chi connectivity index (χ2n) is 8.55. The van der Waals surface area contributed by atoms with Crippen LogP contribution in [0.5, 0.6) is 0 Å². The van der Waals surface area contributed by atoms with Gasteiger partial charge in [0.1, 0.15) is 0 Å². The number of sulfonamides is 1. The molecule has 0 aromatic heterocycles. The van der Waals surface area contributed by atoms with Crippen molar-refractivity contribution in [3.8, 4) is 0 Å². The van der Waals surface area contributed by atoms with Crippen LogP contribution in [0.3, 0.4) is 0 Å². The van der Waals surface area contributed by atoms with Crippen LogP contribution in [0.1, 0.15) is 40.1 Å². The van der Waals surface area contributed by atoms with E-state index in [-0.39, 0.29) is 12.5 Å². The molecule has 0 aliphatic heterocycles. The topological polar surface area (TPSA) is 95.6 Å². The van der Waals surface area contributed by atoms with Gasteiger partial charge in [0.15, 0.2) is 0 Å². The zero-order valence-corrected chi connectivity index (χ0v) is 21.4. The highest BCUT2D eigenvalue weighted by atomic mass is 35.5. The summed E-state index contributed by atoms with van der Waals surface area (Å²) in [5.41, 5.74) is 2.28. The van der Waals surface area contributed by atoms with Gasteiger partial charge in [0.25, 0.3) is 11.8 Å². The SMILES string of the molecule is CC(C)CNC(=O)c1ccccc1NC(=O)c1ccc(N(Cc2ccc(Cl)cc2)S(C)(=O)=O)cc1. The molecule has 0 bridgehead atoms. The fraction of sp³-hybridized carbons (Fsp3) is 0.231. The van der Waals surface area contributed by atoms with Gasteiger partial charge in [0.05, 0.1) is 29.7 Å². The standard InChI is InChI=1S/C26H28ClN3O4S/c1-18(2)16-28-26(32)23-6-4-5-7-24(23)29-25(31)20-10-14-22(15-11-20)30(35(3,33)34)17-19-8-12-21(27)13-9-19/h4-15,18H,16-17H2,1-3H3,(H,28,32)(H,29,31). The number of hydrogen-bond donors (Lipinski definition) is 2. The van der Waals surface area contributed by atoms with Crippen molar-refractivity contribution in [1.82, 2.24) is 5.32 Å². The van der Waals surface area contributed by atoms with Gasteiger partial charge >= 0.3 is 0 Å². The Morgan fingerprint density at radius 3 is 2.14 bits per heavy atom. The number of rotatable bonds is 9. The smallest absolute Gasteiger partial charge is 0.255 e. The highest BCUT2D eigenvalue weighted by Crippen LogP contribution is 2.23. The fourth-order valence-electron chi connectivity index (χ4n) is 3.31. The number of carbonyl (C=O) groups is 2. The van der Waals surface area contributed by atoms with Crippen LogP contribution in [0.4, 0.5) is 11.4 Å². The monoisotopic (exact) mass is 513 g/mol. The van der Waals surface area contributed by atoms with Gasteiger partial charge in [-0.1, -0.05) is 49.7 Å². The molecule has 35 heavy (non-hydrogen) atoms. The molecule has 3 aromatic carbocycles. The van der Waals surface area contributed by atoms with E-state index in [1.807, 2.05) is 13.8 Å². The maximum atomic E-state index is 12.9. The zero-order chi connectivity index (χ0) is 25.6. The molecule has 0 aliphatic rings. The van der Waals surface area contributed by atoms with Crippen LogP contribution in [-0.2, 0) is 16.6 Å². The second kappa shape index (κ2) is 11.4. The van der Waals surface area contributed by atoms with Crippen molar-refractivity contribution < 1.29 is 18.0 Å². The Bertz CT molecular complexity index is 1290. The number of anilines is 2. The summed E-state index contributed by atoms with van der Waals surface area (Å²) in [5.74, 6) is -0.384. The first-order valence-corrected chi connectivity index (χ1v) is 13.3. The average molecular weight is 514 g/mol. The third kappa shape index (κ3) is 7.31. The lowest BCUT2D eigenvalue weighted by atomic mass is 10.1. The molecule has 2 amide bonds. The molecule has 0 saturated carbocycles. The molecular weight excluding hydrogens is 486 g/mol. The largest absolute Gasteiger partial charge is 0.352 e. The molecular formula is C26H28ClN3O4S. The molecule has 0 aliphatic carbocycles. The molecule has 3 rings (SSSR count). The van der Waals surface area contributed by atoms with E-state index in [0.717, 1.165) is 11.8 Å². The molecule has 3 aromatic rings. The van der Waals surface area contributed by atoms with Crippen molar-refractivity contribution >= 4 is 44.8 Å². The average Bonchev–Trinajstić information content (AvgIpc) is 2.82. The van der Waals surface area contributed by atoms with Crippen LogP contribution in [0.2, 0.25) is 5.02 Å². The van der Waals surface area contributed by atoms with Crippen molar-refractivity contribution in [2.45, 2.75) is 20.4 Å². The molecule has 184 valence electrons. The molecule has 0 heterocycles. The summed E-state index contributed by atoms with van der Waals surface area (Å²) in [7, 11) is -3.58. The summed E-state index contributed by atoms with van der Waals surface area (Å²) in [6.45, 7) is 4.64. The number of para-hydroxylation sites is 1. The van der Waals surface area contributed by atoms with E-state index in [1.54, 1.807) is 72.8 Å². The maximum Gasteiger partial charge on any atom is 0.255 e. The quantitative estimate of drug-likeness (QED) is 0.423. The first-order valence-electron chi connectivity index (χ1n) is 11.1. The third-order valence-corrected chi connectivity index (χ3v) is 6.54. The summed E-state index contributed by atoms with van der Waals surface area (Å²) in [6.07, 6.45) is 1.13. The molecule has 0 radical (unpaired) electrons. The lowest BCUT2D eigenvalue weighted by Crippen LogP contribution is -2.29. The van der Waals surface area contributed by atoms with Crippen molar-refractivity contribution in [3.05, 3.63) is 94.5 Å². The number of halogens is 1. The van der Waals surface area contributed by atoms with Crippen molar-refractivity contribution in [3.63, 3.8) is 0 Å². The third-order valence-electron chi connectivity index (χ3n) is 5.15. The number of nitrogens with one attached hydrogen (secondary N) is 2. The molecule has 7 nitrogen and oxygen atoms in total. The first-order chi connectivity index (χ1) is 16.5. The lowest BCUT2D eigenvalue weighted by molar-refractivity contribution is 0.0950. The van der Waals surface area contributed by atoms with Gasteiger partial charge in [-0.15, -0.1) is 0 Å². The molecule has 2 N–H and O–H groups in total. The van der Waals surface area contributed by atoms with Crippen LogP contribution in [0.25, 0.3) is 0 Å². The summed E-state index contributed by atoms with van der Waals surface area (Å²) < 4.78 is 26.1. The van der Waals surface area contributed by atoms with Crippen LogP contribution in [0, 0.1) is 5.92 Å². The van der Waals surface area contributed by atoms with E-state index in [4.69, 9.17) is 11.6 Å². The van der Waals surface area contributed by atoms with E-state index in [9.17, 15) is 18.0 Å². The lowest BCUT2D eigenvalue weighted by Gasteiger charge is -2.23. The van der Waals surface area contributed by atoms with Gasteiger partial charge in [-0.25, -0.2) is 8.42 Å². The second-order valence-corrected chi connectivity index (χ2v) is 10.9. The summed E-state index contributed by atoms with van der Waals surface area (Å²) in [4.78, 5) is 25.4.